The average Bonchev–Trinajstić information content (AvgIpc) is 3.06. The lowest BCUT2D eigenvalue weighted by molar-refractivity contribution is 0.0727. The van der Waals surface area contributed by atoms with Gasteiger partial charge in [-0.15, -0.1) is 0 Å². The van der Waals surface area contributed by atoms with Gasteiger partial charge in [-0.05, 0) is 30.3 Å². The SMILES string of the molecule is O=C1/C(=C/c2ccccc2OC(=O)c2cc(F)c(F)c(F)c2F)Sc2ccccc21. The average molecular weight is 430 g/mol. The van der Waals surface area contributed by atoms with Crippen LogP contribution in [0.3, 0.4) is 0 Å². The summed E-state index contributed by atoms with van der Waals surface area (Å²) >= 11 is 1.24. The van der Waals surface area contributed by atoms with Crippen molar-refractivity contribution in [3.05, 3.63) is 99.5 Å². The third-order valence-electron chi connectivity index (χ3n) is 4.31. The molecule has 0 fully saturated rings. The number of para-hydroxylation sites is 1. The van der Waals surface area contributed by atoms with Crippen LogP contribution in [0.5, 0.6) is 5.75 Å². The Kier molecular flexibility index (Phi) is 5.17. The number of fused-ring (bicyclic) bond motifs is 1. The van der Waals surface area contributed by atoms with Crippen LogP contribution in [-0.2, 0) is 0 Å². The number of hydrogen-bond donors (Lipinski definition) is 0. The van der Waals surface area contributed by atoms with Crippen LogP contribution in [0.4, 0.5) is 17.6 Å². The Labute approximate surface area is 172 Å². The molecule has 0 saturated heterocycles. The second-order valence-corrected chi connectivity index (χ2v) is 7.29. The topological polar surface area (TPSA) is 43.4 Å². The largest absolute Gasteiger partial charge is 0.422 e. The molecule has 30 heavy (non-hydrogen) atoms. The number of ketones is 1. The molecule has 0 bridgehead atoms. The van der Waals surface area contributed by atoms with Gasteiger partial charge in [-0.25, -0.2) is 22.4 Å². The van der Waals surface area contributed by atoms with E-state index in [9.17, 15) is 27.2 Å². The summed E-state index contributed by atoms with van der Waals surface area (Å²) in [7, 11) is 0. The van der Waals surface area contributed by atoms with E-state index in [0.29, 0.717) is 16.0 Å². The number of esters is 1. The summed E-state index contributed by atoms with van der Waals surface area (Å²) in [5.74, 6) is -9.39. The van der Waals surface area contributed by atoms with Crippen molar-refractivity contribution in [2.45, 2.75) is 4.90 Å². The maximum atomic E-state index is 13.9. The Hall–Kier alpha value is -3.39. The van der Waals surface area contributed by atoms with E-state index in [2.05, 4.69) is 0 Å². The van der Waals surface area contributed by atoms with Gasteiger partial charge in [0.25, 0.3) is 0 Å². The summed E-state index contributed by atoms with van der Waals surface area (Å²) in [6.07, 6.45) is 1.50. The molecule has 0 amide bonds. The lowest BCUT2D eigenvalue weighted by atomic mass is 10.1. The Bertz CT molecular complexity index is 1240. The first-order valence-corrected chi connectivity index (χ1v) is 9.36. The van der Waals surface area contributed by atoms with Crippen molar-refractivity contribution in [2.75, 3.05) is 0 Å². The summed E-state index contributed by atoms with van der Waals surface area (Å²) in [4.78, 5) is 26.0. The zero-order valence-electron chi connectivity index (χ0n) is 14.9. The van der Waals surface area contributed by atoms with Crippen LogP contribution in [-0.4, -0.2) is 11.8 Å². The standard InChI is InChI=1S/C22H10F4O3S/c23-14-10-13(18(24)20(26)19(14)25)22(28)29-15-7-3-1-5-11(15)9-17-21(27)12-6-2-4-8-16(12)30-17/h1-10H/b17-9-. The number of rotatable bonds is 3. The number of hydrogen-bond acceptors (Lipinski definition) is 4. The number of benzene rings is 3. The van der Waals surface area contributed by atoms with Crippen LogP contribution in [0.2, 0.25) is 0 Å². The van der Waals surface area contributed by atoms with Crippen molar-refractivity contribution in [1.82, 2.24) is 0 Å². The zero-order chi connectivity index (χ0) is 21.4. The molecule has 0 aromatic heterocycles. The number of Topliss-reactive ketones (excluding diaryl/α,β-unsaturated/α-hetero) is 1. The molecule has 1 heterocycles. The highest BCUT2D eigenvalue weighted by Crippen LogP contribution is 2.41. The van der Waals surface area contributed by atoms with Crippen LogP contribution < -0.4 is 4.74 Å². The third kappa shape index (κ3) is 3.50. The van der Waals surface area contributed by atoms with Gasteiger partial charge in [0.2, 0.25) is 5.78 Å². The number of carbonyl (C=O) groups is 2. The van der Waals surface area contributed by atoms with E-state index in [1.807, 2.05) is 0 Å². The van der Waals surface area contributed by atoms with Crippen LogP contribution in [0, 0.1) is 23.3 Å². The van der Waals surface area contributed by atoms with Crippen molar-refractivity contribution in [3.8, 4) is 5.75 Å². The fourth-order valence-corrected chi connectivity index (χ4v) is 3.89. The van der Waals surface area contributed by atoms with E-state index in [1.54, 1.807) is 36.4 Å². The van der Waals surface area contributed by atoms with E-state index >= 15 is 0 Å². The summed E-state index contributed by atoms with van der Waals surface area (Å²) in [6.45, 7) is 0. The first-order valence-electron chi connectivity index (χ1n) is 8.54. The van der Waals surface area contributed by atoms with E-state index < -0.39 is 34.8 Å². The molecule has 3 nitrogen and oxygen atoms in total. The van der Waals surface area contributed by atoms with Crippen LogP contribution in [0.15, 0.2) is 64.4 Å². The molecule has 0 atom stereocenters. The molecule has 150 valence electrons. The van der Waals surface area contributed by atoms with Crippen molar-refractivity contribution in [1.29, 1.82) is 0 Å². The number of allylic oxidation sites excluding steroid dienone is 1. The smallest absolute Gasteiger partial charge is 0.346 e. The minimum Gasteiger partial charge on any atom is -0.422 e. The maximum absolute atomic E-state index is 13.9. The lowest BCUT2D eigenvalue weighted by Crippen LogP contribution is -2.14. The molecule has 1 aliphatic rings. The molecule has 0 N–H and O–H groups in total. The molecule has 0 spiro atoms. The Morgan fingerprint density at radius 3 is 2.37 bits per heavy atom. The second-order valence-electron chi connectivity index (χ2n) is 6.21. The maximum Gasteiger partial charge on any atom is 0.346 e. The minimum atomic E-state index is -2.11. The molecule has 0 aliphatic carbocycles. The first-order chi connectivity index (χ1) is 14.4. The highest BCUT2D eigenvalue weighted by atomic mass is 32.2. The molecule has 0 radical (unpaired) electrons. The van der Waals surface area contributed by atoms with Crippen molar-refractivity contribution in [3.63, 3.8) is 0 Å². The van der Waals surface area contributed by atoms with Gasteiger partial charge < -0.3 is 4.74 Å². The lowest BCUT2D eigenvalue weighted by Gasteiger charge is -2.09. The number of ether oxygens (including phenoxy) is 1. The van der Waals surface area contributed by atoms with E-state index in [-0.39, 0.29) is 17.6 Å². The predicted molar refractivity (Wildman–Crippen MR) is 102 cm³/mol. The Morgan fingerprint density at radius 2 is 1.60 bits per heavy atom. The van der Waals surface area contributed by atoms with Gasteiger partial charge in [0.1, 0.15) is 11.3 Å². The molecule has 3 aromatic carbocycles. The monoisotopic (exact) mass is 430 g/mol. The summed E-state index contributed by atoms with van der Waals surface area (Å²) in [5.41, 5.74) is -0.229. The number of thioether (sulfide) groups is 1. The molecule has 1 aliphatic heterocycles. The predicted octanol–water partition coefficient (Wildman–Crippen LogP) is 5.79. The van der Waals surface area contributed by atoms with Gasteiger partial charge in [-0.2, -0.15) is 0 Å². The van der Waals surface area contributed by atoms with Gasteiger partial charge in [-0.1, -0.05) is 42.1 Å². The molecular weight excluding hydrogens is 420 g/mol. The van der Waals surface area contributed by atoms with Gasteiger partial charge in [-0.3, -0.25) is 4.79 Å². The molecule has 0 saturated carbocycles. The van der Waals surface area contributed by atoms with E-state index in [4.69, 9.17) is 4.74 Å². The normalized spacial score (nSPS) is 14.1. The van der Waals surface area contributed by atoms with Crippen molar-refractivity contribution in [2.24, 2.45) is 0 Å². The van der Waals surface area contributed by atoms with E-state index in [1.165, 1.54) is 30.0 Å². The Balaban J connectivity index is 1.66. The zero-order valence-corrected chi connectivity index (χ0v) is 15.7. The molecular formula is C22H10F4O3S. The fourth-order valence-electron chi connectivity index (χ4n) is 2.85. The van der Waals surface area contributed by atoms with Gasteiger partial charge in [0, 0.05) is 16.0 Å². The fraction of sp³-hybridized carbons (Fsp3) is 0. The molecule has 0 unspecified atom stereocenters. The van der Waals surface area contributed by atoms with Gasteiger partial charge >= 0.3 is 5.97 Å². The van der Waals surface area contributed by atoms with Crippen molar-refractivity contribution >= 4 is 29.6 Å². The molecule has 4 rings (SSSR count). The van der Waals surface area contributed by atoms with Crippen LogP contribution in [0.25, 0.3) is 6.08 Å². The highest BCUT2D eigenvalue weighted by Gasteiger charge is 2.27. The van der Waals surface area contributed by atoms with Crippen LogP contribution in [0.1, 0.15) is 26.3 Å². The highest BCUT2D eigenvalue weighted by molar-refractivity contribution is 8.04. The van der Waals surface area contributed by atoms with Crippen molar-refractivity contribution < 1.29 is 31.9 Å². The quantitative estimate of drug-likeness (QED) is 0.132. The van der Waals surface area contributed by atoms with E-state index in [0.717, 1.165) is 4.90 Å². The summed E-state index contributed by atoms with van der Waals surface area (Å²) in [6, 6.07) is 13.3. The summed E-state index contributed by atoms with van der Waals surface area (Å²) in [5, 5.41) is 0. The van der Waals surface area contributed by atoms with Crippen LogP contribution >= 0.6 is 11.8 Å². The molecule has 8 heteroatoms. The number of halogens is 4. The minimum absolute atomic E-state index is 0.0658. The number of carbonyl (C=O) groups excluding carboxylic acids is 2. The second kappa shape index (κ2) is 7.79. The van der Waals surface area contributed by atoms with Gasteiger partial charge in [0.15, 0.2) is 23.3 Å². The first kappa shape index (κ1) is 19.9. The third-order valence-corrected chi connectivity index (χ3v) is 5.41. The Morgan fingerprint density at radius 1 is 0.900 bits per heavy atom. The molecule has 3 aromatic rings. The summed E-state index contributed by atoms with van der Waals surface area (Å²) < 4.78 is 58.9. The van der Waals surface area contributed by atoms with Gasteiger partial charge in [0.05, 0.1) is 4.91 Å².